The fourth-order valence-electron chi connectivity index (χ4n) is 1.40. The molecule has 2 heterocycles. The number of nitrogens with zero attached hydrogens (tertiary/aromatic N) is 1. The number of rotatable bonds is 0. The van der Waals surface area contributed by atoms with Gasteiger partial charge >= 0.3 is 75.1 Å². The van der Waals surface area contributed by atoms with Gasteiger partial charge in [0.2, 0.25) is 0 Å². The Kier molecular flexibility index (Phi) is 1.83. The van der Waals surface area contributed by atoms with Gasteiger partial charge in [-0.15, -0.1) is 0 Å². The van der Waals surface area contributed by atoms with E-state index in [2.05, 4.69) is 5.32 Å². The Morgan fingerprint density at radius 2 is 1.38 bits per heavy atom. The summed E-state index contributed by atoms with van der Waals surface area (Å²) in [6.07, 6.45) is 0. The predicted molar refractivity (Wildman–Crippen MR) is 44.9 cm³/mol. The van der Waals surface area contributed by atoms with E-state index in [-0.39, 0.29) is 26.3 Å². The predicted octanol–water partition coefficient (Wildman–Crippen LogP) is 1.03. The molecule has 0 bridgehead atoms. The van der Waals surface area contributed by atoms with Crippen LogP contribution in [0.1, 0.15) is 29.6 Å². The molecule has 3 nitrogen and oxygen atoms in total. The molecular weight excluding hydrogens is 488 g/mol. The van der Waals surface area contributed by atoms with Crippen molar-refractivity contribution in [1.82, 2.24) is 0 Å². The monoisotopic (exact) mass is 495 g/mol. The Morgan fingerprint density at radius 3 is 1.77 bits per heavy atom. The van der Waals surface area contributed by atoms with Crippen LogP contribution in [0.5, 0.6) is 0 Å². The molecule has 0 atom stereocenters. The summed E-state index contributed by atoms with van der Waals surface area (Å²) >= 11 is 0.200. The number of hydrogen-bond acceptors (Lipinski definition) is 2. The molecule has 0 fully saturated rings. The summed E-state index contributed by atoms with van der Waals surface area (Å²) in [7, 11) is 0. The Balaban J connectivity index is 0.000000845. The van der Waals surface area contributed by atoms with Gasteiger partial charge in [0.25, 0.3) is 0 Å². The van der Waals surface area contributed by atoms with E-state index in [9.17, 15) is 9.59 Å². The first kappa shape index (κ1) is 9.23. The first-order valence-corrected chi connectivity index (χ1v) is 5.23. The van der Waals surface area contributed by atoms with Gasteiger partial charge < -0.3 is 0 Å². The summed E-state index contributed by atoms with van der Waals surface area (Å²) < 4.78 is 2.07. The van der Waals surface area contributed by atoms with E-state index < -0.39 is 0 Å². The molecule has 5 heteroatoms. The number of carbonyl (C=O) groups is 2. The van der Waals surface area contributed by atoms with Gasteiger partial charge in [0.1, 0.15) is 0 Å². The summed E-state index contributed by atoms with van der Waals surface area (Å²) in [4.78, 5) is 22.3. The SMILES string of the molecule is Cc1[se]c(C)c2c1C(=O)[N-]C2=O.[Rf]. The quantitative estimate of drug-likeness (QED) is 0.400. The van der Waals surface area contributed by atoms with Gasteiger partial charge in [-0.1, -0.05) is 0 Å². The first-order valence-electron chi connectivity index (χ1n) is 3.51. The number of imide groups is 1. The number of hydrogen-bond donors (Lipinski definition) is 0. The van der Waals surface area contributed by atoms with E-state index in [4.69, 9.17) is 0 Å². The van der Waals surface area contributed by atoms with Crippen LogP contribution in [0.15, 0.2) is 0 Å². The molecule has 0 aromatic carbocycles. The van der Waals surface area contributed by atoms with E-state index in [1.54, 1.807) is 0 Å². The summed E-state index contributed by atoms with van der Waals surface area (Å²) in [5, 5.41) is 3.39. The summed E-state index contributed by atoms with van der Waals surface area (Å²) in [6, 6.07) is 0. The van der Waals surface area contributed by atoms with Crippen molar-refractivity contribution in [2.75, 3.05) is 0 Å². The molecule has 1 aromatic rings. The van der Waals surface area contributed by atoms with E-state index >= 15 is 0 Å². The minimum atomic E-state index is -0.341. The topological polar surface area (TPSA) is 48.2 Å². The van der Waals surface area contributed by atoms with Crippen molar-refractivity contribution >= 4 is 26.3 Å². The second kappa shape index (κ2) is 2.57. The van der Waals surface area contributed by atoms with Crippen molar-refractivity contribution in [3.05, 3.63) is 25.3 Å². The van der Waals surface area contributed by atoms with E-state index in [0.29, 0.717) is 11.1 Å². The molecule has 1 aromatic heterocycles. The maximum absolute atomic E-state index is 11.2. The fraction of sp³-hybridized carbons (Fsp3) is 0.250. The molecule has 1 aliphatic rings. The average Bonchev–Trinajstić information content (AvgIpc) is 2.38. The third-order valence-corrected chi connectivity index (χ3v) is 4.03. The molecule has 64 valence electrons. The van der Waals surface area contributed by atoms with Crippen LogP contribution in [0.4, 0.5) is 0 Å². The zero-order valence-electron chi connectivity index (χ0n) is 7.38. The van der Waals surface area contributed by atoms with Crippen molar-refractivity contribution in [1.29, 1.82) is 0 Å². The van der Waals surface area contributed by atoms with Gasteiger partial charge in [-0.2, -0.15) is 0 Å². The Morgan fingerprint density at radius 1 is 1.00 bits per heavy atom. The van der Waals surface area contributed by atoms with Crippen molar-refractivity contribution < 1.29 is 9.59 Å². The van der Waals surface area contributed by atoms with Gasteiger partial charge in [-0.3, -0.25) is 0 Å². The van der Waals surface area contributed by atoms with E-state index in [1.165, 1.54) is 0 Å². The molecular formula is C8H6NO2RfSe-. The molecule has 0 radical (unpaired) electrons. The summed E-state index contributed by atoms with van der Waals surface area (Å²) in [5.41, 5.74) is 1.16. The fourth-order valence-corrected chi connectivity index (χ4v) is 3.59. The van der Waals surface area contributed by atoms with Crippen LogP contribution in [0.3, 0.4) is 0 Å². The van der Waals surface area contributed by atoms with Crippen molar-refractivity contribution in [3.8, 4) is 0 Å². The minimum absolute atomic E-state index is 0. The Hall–Kier alpha value is -1.86. The Bertz CT molecular complexity index is 363. The zero-order valence-corrected chi connectivity index (χ0v) is 15.5. The van der Waals surface area contributed by atoms with Crippen LogP contribution < -0.4 is 0 Å². The molecule has 0 unspecified atom stereocenters. The molecule has 0 saturated heterocycles. The van der Waals surface area contributed by atoms with Crippen LogP contribution in [-0.2, 0) is 0 Å². The maximum atomic E-state index is 11.2. The van der Waals surface area contributed by atoms with E-state index in [0.717, 1.165) is 8.87 Å². The van der Waals surface area contributed by atoms with Crippen molar-refractivity contribution in [3.63, 3.8) is 0 Å². The van der Waals surface area contributed by atoms with Crippen LogP contribution >= 0.6 is 0 Å². The largest absolute Gasteiger partial charge is 0 e. The van der Waals surface area contributed by atoms with Gasteiger partial charge in [-0.05, 0) is 0 Å². The molecule has 1 aliphatic heterocycles. The molecule has 0 spiro atoms. The Labute approximate surface area is 75.5 Å². The van der Waals surface area contributed by atoms with E-state index in [1.807, 2.05) is 13.8 Å². The number of aryl methyl sites for hydroxylation is 2. The van der Waals surface area contributed by atoms with Crippen LogP contribution in [0, 0.1) is 13.8 Å². The minimum Gasteiger partial charge on any atom is 0 e. The molecule has 2 amide bonds. The molecule has 0 saturated carbocycles. The second-order valence-corrected chi connectivity index (χ2v) is 5.68. The molecule has 2 rings (SSSR count). The molecule has 0 aliphatic carbocycles. The maximum Gasteiger partial charge on any atom is 0 e. The van der Waals surface area contributed by atoms with Crippen LogP contribution in [0.2, 0.25) is 0 Å². The normalized spacial score (nSPS) is 13.7. The summed E-state index contributed by atoms with van der Waals surface area (Å²) in [6.45, 7) is 3.80. The standard InChI is InChI=1S/C8H7NO2Se.Rf/c1-3-5-6(4(2)12-3)8(11)9-7(5)10;/h1-2H3,(H,9,10,11);/p-1. The van der Waals surface area contributed by atoms with Crippen molar-refractivity contribution in [2.24, 2.45) is 0 Å². The average molecular weight is 494 g/mol. The first-order chi connectivity index (χ1) is 5.61. The number of carbonyl (C=O) groups excluding carboxylic acids is 2. The van der Waals surface area contributed by atoms with Crippen LogP contribution in [-0.4, -0.2) is 26.3 Å². The van der Waals surface area contributed by atoms with Gasteiger partial charge in [0.15, 0.2) is 0 Å². The number of amides is 2. The van der Waals surface area contributed by atoms with Crippen molar-refractivity contribution in [2.45, 2.75) is 13.8 Å². The smallest absolute Gasteiger partial charge is 0 e. The summed E-state index contributed by atoms with van der Waals surface area (Å²) in [5.74, 6) is -0.683. The molecule has 13 heavy (non-hydrogen) atoms. The van der Waals surface area contributed by atoms with Gasteiger partial charge in [0.05, 0.1) is 0 Å². The number of fused-ring (bicyclic) bond motifs is 1. The van der Waals surface area contributed by atoms with Gasteiger partial charge in [-0.25, -0.2) is 0 Å². The third kappa shape index (κ3) is 0.983. The van der Waals surface area contributed by atoms with Crippen LogP contribution in [0.25, 0.3) is 5.32 Å². The third-order valence-electron chi connectivity index (χ3n) is 1.89. The zero-order chi connectivity index (χ0) is 8.88. The molecule has 0 N–H and O–H groups in total. The van der Waals surface area contributed by atoms with Gasteiger partial charge in [0, 0.05) is 0 Å². The second-order valence-electron chi connectivity index (χ2n) is 2.69.